The van der Waals surface area contributed by atoms with Crippen molar-refractivity contribution in [1.29, 1.82) is 0 Å². The predicted molar refractivity (Wildman–Crippen MR) is 67.2 cm³/mol. The fourth-order valence-electron chi connectivity index (χ4n) is 1.80. The van der Waals surface area contributed by atoms with Crippen molar-refractivity contribution < 1.29 is 9.90 Å². The van der Waals surface area contributed by atoms with E-state index in [2.05, 4.69) is 19.2 Å². The summed E-state index contributed by atoms with van der Waals surface area (Å²) < 4.78 is 0. The lowest BCUT2D eigenvalue weighted by Gasteiger charge is -2.18. The lowest BCUT2D eigenvalue weighted by Crippen LogP contribution is -2.37. The van der Waals surface area contributed by atoms with Crippen molar-refractivity contribution >= 4 is 5.91 Å². The van der Waals surface area contributed by atoms with Crippen molar-refractivity contribution in [3.8, 4) is 0 Å². The van der Waals surface area contributed by atoms with Gasteiger partial charge in [0.25, 0.3) is 0 Å². The number of aliphatic hydroxyl groups is 1. The minimum absolute atomic E-state index is 0.163. The number of carbonyl (C=O) groups excluding carboxylic acids is 1. The first-order chi connectivity index (χ1) is 7.65. The van der Waals surface area contributed by atoms with E-state index in [0.29, 0.717) is 0 Å². The van der Waals surface area contributed by atoms with Gasteiger partial charge in [-0.15, -0.1) is 0 Å². The normalized spacial score (nSPS) is 14.5. The van der Waals surface area contributed by atoms with Crippen molar-refractivity contribution in [3.05, 3.63) is 0 Å². The van der Waals surface area contributed by atoms with Crippen LogP contribution in [0.1, 0.15) is 59.3 Å². The molecule has 0 fully saturated rings. The standard InChI is InChI=1S/C13H27NO2/c1-4-6-9-12(5-2)13(16)14-11(3)8-7-10-15/h11-12,15H,4-10H2,1-3H3,(H,14,16). The molecule has 2 unspecified atom stereocenters. The third-order valence-electron chi connectivity index (χ3n) is 2.95. The summed E-state index contributed by atoms with van der Waals surface area (Å²) >= 11 is 0. The first-order valence-corrected chi connectivity index (χ1v) is 6.56. The highest BCUT2D eigenvalue weighted by Gasteiger charge is 2.17. The van der Waals surface area contributed by atoms with Crippen LogP contribution in [-0.2, 0) is 4.79 Å². The molecule has 0 saturated heterocycles. The summed E-state index contributed by atoms with van der Waals surface area (Å²) in [5.41, 5.74) is 0. The largest absolute Gasteiger partial charge is 0.396 e. The van der Waals surface area contributed by atoms with Crippen LogP contribution in [0.2, 0.25) is 0 Å². The van der Waals surface area contributed by atoms with Gasteiger partial charge in [0, 0.05) is 18.6 Å². The lowest BCUT2D eigenvalue weighted by molar-refractivity contribution is -0.126. The summed E-state index contributed by atoms with van der Waals surface area (Å²) in [5.74, 6) is 0.345. The fraction of sp³-hybridized carbons (Fsp3) is 0.923. The maximum Gasteiger partial charge on any atom is 0.223 e. The third kappa shape index (κ3) is 6.83. The van der Waals surface area contributed by atoms with E-state index < -0.39 is 0 Å². The van der Waals surface area contributed by atoms with Crippen molar-refractivity contribution in [2.45, 2.75) is 65.3 Å². The molecule has 2 atom stereocenters. The number of hydrogen-bond acceptors (Lipinski definition) is 2. The fourth-order valence-corrected chi connectivity index (χ4v) is 1.80. The van der Waals surface area contributed by atoms with Gasteiger partial charge in [0.2, 0.25) is 5.91 Å². The van der Waals surface area contributed by atoms with Crippen LogP contribution in [0.4, 0.5) is 0 Å². The van der Waals surface area contributed by atoms with Crippen molar-refractivity contribution in [1.82, 2.24) is 5.32 Å². The molecule has 0 aliphatic carbocycles. The van der Waals surface area contributed by atoms with Crippen LogP contribution in [0.3, 0.4) is 0 Å². The average molecular weight is 229 g/mol. The summed E-state index contributed by atoms with van der Waals surface area (Å²) in [6.45, 7) is 6.42. The Morgan fingerprint density at radius 2 is 1.94 bits per heavy atom. The van der Waals surface area contributed by atoms with E-state index in [-0.39, 0.29) is 24.5 Å². The van der Waals surface area contributed by atoms with Crippen LogP contribution < -0.4 is 5.32 Å². The molecule has 1 amide bonds. The van der Waals surface area contributed by atoms with Crippen LogP contribution in [0, 0.1) is 5.92 Å². The molecule has 0 heterocycles. The Kier molecular flexibility index (Phi) is 9.30. The van der Waals surface area contributed by atoms with E-state index in [1.165, 1.54) is 0 Å². The maximum atomic E-state index is 11.9. The Morgan fingerprint density at radius 1 is 1.25 bits per heavy atom. The van der Waals surface area contributed by atoms with Gasteiger partial charge in [-0.2, -0.15) is 0 Å². The second kappa shape index (κ2) is 9.64. The van der Waals surface area contributed by atoms with Gasteiger partial charge in [0.05, 0.1) is 0 Å². The highest BCUT2D eigenvalue weighted by atomic mass is 16.2. The van der Waals surface area contributed by atoms with Crippen LogP contribution in [0.15, 0.2) is 0 Å². The van der Waals surface area contributed by atoms with Crippen LogP contribution in [0.5, 0.6) is 0 Å². The quantitative estimate of drug-likeness (QED) is 0.638. The van der Waals surface area contributed by atoms with Crippen LogP contribution in [-0.4, -0.2) is 23.7 Å². The topological polar surface area (TPSA) is 49.3 Å². The Balaban J connectivity index is 3.89. The highest BCUT2D eigenvalue weighted by molar-refractivity contribution is 5.78. The Bertz CT molecular complexity index is 183. The monoisotopic (exact) mass is 229 g/mol. The summed E-state index contributed by atoms with van der Waals surface area (Å²) in [7, 11) is 0. The lowest BCUT2D eigenvalue weighted by atomic mass is 9.98. The van der Waals surface area contributed by atoms with Gasteiger partial charge in [-0.25, -0.2) is 0 Å². The molecule has 0 aromatic heterocycles. The van der Waals surface area contributed by atoms with Gasteiger partial charge in [-0.05, 0) is 32.6 Å². The predicted octanol–water partition coefficient (Wildman–Crippen LogP) is 2.48. The van der Waals surface area contributed by atoms with Crippen LogP contribution in [0.25, 0.3) is 0 Å². The maximum absolute atomic E-state index is 11.9. The summed E-state index contributed by atoms with van der Waals surface area (Å²) in [6.07, 6.45) is 5.78. The molecule has 0 aliphatic rings. The zero-order valence-electron chi connectivity index (χ0n) is 11.0. The SMILES string of the molecule is CCCCC(CC)C(=O)NC(C)CCCO. The molecule has 0 saturated carbocycles. The molecular weight excluding hydrogens is 202 g/mol. The van der Waals surface area contributed by atoms with E-state index >= 15 is 0 Å². The van der Waals surface area contributed by atoms with E-state index in [1.54, 1.807) is 0 Å². The molecule has 0 rings (SSSR count). The highest BCUT2D eigenvalue weighted by Crippen LogP contribution is 2.13. The van der Waals surface area contributed by atoms with Crippen molar-refractivity contribution in [2.24, 2.45) is 5.92 Å². The van der Waals surface area contributed by atoms with Gasteiger partial charge in [-0.1, -0.05) is 26.7 Å². The van der Waals surface area contributed by atoms with E-state index in [4.69, 9.17) is 5.11 Å². The second-order valence-electron chi connectivity index (χ2n) is 4.52. The summed E-state index contributed by atoms with van der Waals surface area (Å²) in [4.78, 5) is 11.9. The number of hydrogen-bond donors (Lipinski definition) is 2. The van der Waals surface area contributed by atoms with Crippen LogP contribution >= 0.6 is 0 Å². The summed E-state index contributed by atoms with van der Waals surface area (Å²) in [6, 6.07) is 0.176. The number of amides is 1. The van der Waals surface area contributed by atoms with E-state index in [0.717, 1.165) is 38.5 Å². The van der Waals surface area contributed by atoms with E-state index in [1.807, 2.05) is 6.92 Å². The second-order valence-corrected chi connectivity index (χ2v) is 4.52. The number of unbranched alkanes of at least 4 members (excludes halogenated alkanes) is 1. The first-order valence-electron chi connectivity index (χ1n) is 6.56. The molecule has 0 aliphatic heterocycles. The Labute approximate surface area is 99.6 Å². The minimum Gasteiger partial charge on any atom is -0.396 e. The first kappa shape index (κ1) is 15.4. The van der Waals surface area contributed by atoms with Gasteiger partial charge in [0.15, 0.2) is 0 Å². The minimum atomic E-state index is 0.163. The number of carbonyl (C=O) groups is 1. The van der Waals surface area contributed by atoms with Crippen molar-refractivity contribution in [2.75, 3.05) is 6.61 Å². The Hall–Kier alpha value is -0.570. The van der Waals surface area contributed by atoms with Crippen molar-refractivity contribution in [3.63, 3.8) is 0 Å². The third-order valence-corrected chi connectivity index (χ3v) is 2.95. The molecule has 96 valence electrons. The van der Waals surface area contributed by atoms with Gasteiger partial charge in [0.1, 0.15) is 0 Å². The molecule has 0 bridgehead atoms. The molecule has 16 heavy (non-hydrogen) atoms. The number of nitrogens with one attached hydrogen (secondary N) is 1. The number of aliphatic hydroxyl groups excluding tert-OH is 1. The molecule has 3 heteroatoms. The van der Waals surface area contributed by atoms with Gasteiger partial charge in [-0.3, -0.25) is 4.79 Å². The molecular formula is C13H27NO2. The number of rotatable bonds is 9. The van der Waals surface area contributed by atoms with Gasteiger partial charge < -0.3 is 10.4 Å². The van der Waals surface area contributed by atoms with E-state index in [9.17, 15) is 4.79 Å². The molecule has 2 N–H and O–H groups in total. The molecule has 0 aromatic carbocycles. The Morgan fingerprint density at radius 3 is 2.44 bits per heavy atom. The average Bonchev–Trinajstić information content (AvgIpc) is 2.27. The summed E-state index contributed by atoms with van der Waals surface area (Å²) in [5, 5.41) is 11.7. The molecule has 0 radical (unpaired) electrons. The molecule has 3 nitrogen and oxygen atoms in total. The molecule has 0 spiro atoms. The zero-order valence-corrected chi connectivity index (χ0v) is 11.0. The molecule has 0 aromatic rings. The smallest absolute Gasteiger partial charge is 0.223 e. The van der Waals surface area contributed by atoms with Gasteiger partial charge >= 0.3 is 0 Å². The zero-order chi connectivity index (χ0) is 12.4.